The van der Waals surface area contributed by atoms with Crippen molar-refractivity contribution in [3.8, 4) is 11.3 Å². The Balaban J connectivity index is 1.66. The zero-order valence-electron chi connectivity index (χ0n) is 18.4. The number of pyridine rings is 1. The third-order valence-corrected chi connectivity index (χ3v) is 7.07. The Morgan fingerprint density at radius 3 is 2.62 bits per heavy atom. The minimum absolute atomic E-state index is 0.232. The van der Waals surface area contributed by atoms with Gasteiger partial charge < -0.3 is 4.90 Å². The van der Waals surface area contributed by atoms with Gasteiger partial charge in [0, 0.05) is 42.8 Å². The minimum atomic E-state index is -0.500. The molecule has 5 rings (SSSR count). The van der Waals surface area contributed by atoms with Crippen LogP contribution < -0.4 is 10.5 Å². The summed E-state index contributed by atoms with van der Waals surface area (Å²) in [5.74, 6) is 0.848. The number of rotatable bonds is 3. The van der Waals surface area contributed by atoms with Gasteiger partial charge in [-0.1, -0.05) is 11.6 Å². The van der Waals surface area contributed by atoms with Crippen molar-refractivity contribution in [2.45, 2.75) is 38.6 Å². The molecule has 32 heavy (non-hydrogen) atoms. The van der Waals surface area contributed by atoms with Gasteiger partial charge in [0.2, 0.25) is 0 Å². The van der Waals surface area contributed by atoms with Gasteiger partial charge in [-0.05, 0) is 63.9 Å². The molecule has 4 heterocycles. The summed E-state index contributed by atoms with van der Waals surface area (Å²) in [6.45, 7) is 5.87. The topological polar surface area (TPSA) is 54.3 Å². The molecule has 168 valence electrons. The molecule has 2 saturated heterocycles. The third-order valence-electron chi connectivity index (χ3n) is 6.84. The molecule has 0 aliphatic carbocycles. The standard InChI is InChI=1S/C24H27ClFN5O/c1-15-27-20-13-21(31-11-5-6-17(14-31)30-9-3-4-10-30)28-23(22(20)24(32)29(15)2)18-8-7-16(25)12-19(18)26/h7-8,12-13,17H,3-6,9-11,14H2,1-2H3. The normalized spacial score (nSPS) is 19.8. The number of nitrogens with zero attached hydrogens (tertiary/aromatic N) is 5. The van der Waals surface area contributed by atoms with Crippen molar-refractivity contribution in [2.75, 3.05) is 31.1 Å². The number of anilines is 1. The number of halogens is 2. The fourth-order valence-electron chi connectivity index (χ4n) is 4.99. The first-order valence-electron chi connectivity index (χ1n) is 11.2. The van der Waals surface area contributed by atoms with Crippen molar-refractivity contribution in [2.24, 2.45) is 7.05 Å². The van der Waals surface area contributed by atoms with E-state index in [4.69, 9.17) is 16.6 Å². The Kier molecular flexibility index (Phi) is 5.63. The van der Waals surface area contributed by atoms with Crippen LogP contribution in [-0.4, -0.2) is 51.7 Å². The van der Waals surface area contributed by atoms with Crippen LogP contribution in [0.3, 0.4) is 0 Å². The van der Waals surface area contributed by atoms with E-state index in [2.05, 4.69) is 14.8 Å². The predicted molar refractivity (Wildman–Crippen MR) is 126 cm³/mol. The highest BCUT2D eigenvalue weighted by Gasteiger charge is 2.29. The zero-order chi connectivity index (χ0) is 22.4. The van der Waals surface area contributed by atoms with E-state index in [1.54, 1.807) is 26.1 Å². The number of fused-ring (bicyclic) bond motifs is 1. The van der Waals surface area contributed by atoms with Crippen LogP contribution >= 0.6 is 11.6 Å². The van der Waals surface area contributed by atoms with Crippen LogP contribution in [0.25, 0.3) is 22.2 Å². The van der Waals surface area contributed by atoms with Gasteiger partial charge in [-0.3, -0.25) is 14.3 Å². The Bertz CT molecular complexity index is 1240. The second-order valence-electron chi connectivity index (χ2n) is 8.86. The largest absolute Gasteiger partial charge is 0.355 e. The van der Waals surface area contributed by atoms with Gasteiger partial charge in [0.05, 0.1) is 16.6 Å². The molecule has 0 N–H and O–H groups in total. The molecule has 2 aliphatic rings. The number of piperidine rings is 1. The molecule has 1 unspecified atom stereocenters. The fourth-order valence-corrected chi connectivity index (χ4v) is 5.15. The maximum atomic E-state index is 14.9. The van der Waals surface area contributed by atoms with Gasteiger partial charge >= 0.3 is 0 Å². The van der Waals surface area contributed by atoms with E-state index in [0.29, 0.717) is 33.5 Å². The summed E-state index contributed by atoms with van der Waals surface area (Å²) in [7, 11) is 1.67. The van der Waals surface area contributed by atoms with Crippen LogP contribution in [0.1, 0.15) is 31.5 Å². The van der Waals surface area contributed by atoms with Gasteiger partial charge in [-0.2, -0.15) is 0 Å². The predicted octanol–water partition coefficient (Wildman–Crippen LogP) is 4.16. The van der Waals surface area contributed by atoms with Gasteiger partial charge in [-0.25, -0.2) is 14.4 Å². The van der Waals surface area contributed by atoms with Crippen molar-refractivity contribution in [1.29, 1.82) is 0 Å². The minimum Gasteiger partial charge on any atom is -0.355 e. The van der Waals surface area contributed by atoms with E-state index < -0.39 is 5.82 Å². The lowest BCUT2D eigenvalue weighted by molar-refractivity contribution is 0.215. The number of hydrogen-bond donors (Lipinski definition) is 0. The van der Waals surface area contributed by atoms with Gasteiger partial charge in [0.1, 0.15) is 17.5 Å². The Labute approximate surface area is 191 Å². The lowest BCUT2D eigenvalue weighted by Crippen LogP contribution is -2.47. The van der Waals surface area contributed by atoms with Crippen molar-refractivity contribution in [3.63, 3.8) is 0 Å². The molecule has 0 radical (unpaired) electrons. The maximum absolute atomic E-state index is 14.9. The molecule has 2 fully saturated rings. The highest BCUT2D eigenvalue weighted by molar-refractivity contribution is 6.30. The summed E-state index contributed by atoms with van der Waals surface area (Å²) < 4.78 is 16.4. The molecule has 8 heteroatoms. The second-order valence-corrected chi connectivity index (χ2v) is 9.29. The van der Waals surface area contributed by atoms with Crippen molar-refractivity contribution >= 4 is 28.3 Å². The first-order chi connectivity index (χ1) is 15.4. The van der Waals surface area contributed by atoms with Crippen molar-refractivity contribution < 1.29 is 4.39 Å². The van der Waals surface area contributed by atoms with Gasteiger partial charge in [-0.15, -0.1) is 0 Å². The van der Waals surface area contributed by atoms with Gasteiger partial charge in [0.25, 0.3) is 5.56 Å². The van der Waals surface area contributed by atoms with E-state index in [0.717, 1.165) is 38.4 Å². The van der Waals surface area contributed by atoms with E-state index >= 15 is 0 Å². The molecule has 6 nitrogen and oxygen atoms in total. The summed E-state index contributed by atoms with van der Waals surface area (Å²) in [6.07, 6.45) is 4.78. The summed E-state index contributed by atoms with van der Waals surface area (Å²) >= 11 is 5.98. The average Bonchev–Trinajstić information content (AvgIpc) is 3.32. The highest BCUT2D eigenvalue weighted by Crippen LogP contribution is 2.32. The van der Waals surface area contributed by atoms with Crippen LogP contribution in [0.4, 0.5) is 10.2 Å². The zero-order valence-corrected chi connectivity index (χ0v) is 19.2. The summed E-state index contributed by atoms with van der Waals surface area (Å²) in [6, 6.07) is 6.85. The smallest absolute Gasteiger partial charge is 0.263 e. The number of aromatic nitrogens is 3. The van der Waals surface area contributed by atoms with Crippen molar-refractivity contribution in [1.82, 2.24) is 19.4 Å². The van der Waals surface area contributed by atoms with Crippen molar-refractivity contribution in [3.05, 3.63) is 51.3 Å². The van der Waals surface area contributed by atoms with Gasteiger partial charge in [0.15, 0.2) is 0 Å². The summed E-state index contributed by atoms with van der Waals surface area (Å²) in [5.41, 5.74) is 0.896. The first-order valence-corrected chi connectivity index (χ1v) is 11.6. The maximum Gasteiger partial charge on any atom is 0.263 e. The van der Waals surface area contributed by atoms with E-state index in [1.807, 2.05) is 6.07 Å². The highest BCUT2D eigenvalue weighted by atomic mass is 35.5. The molecular weight excluding hydrogens is 429 g/mol. The molecular formula is C24H27ClFN5O. The van der Waals surface area contributed by atoms with Crippen LogP contribution in [0, 0.1) is 12.7 Å². The van der Waals surface area contributed by atoms with Crippen LogP contribution in [0.5, 0.6) is 0 Å². The SMILES string of the molecule is Cc1nc2cc(N3CCCC(N4CCCC4)C3)nc(-c3ccc(Cl)cc3F)c2c(=O)n1C. The number of benzene rings is 1. The molecule has 0 amide bonds. The van der Waals surface area contributed by atoms with Crippen LogP contribution in [0.2, 0.25) is 5.02 Å². The summed E-state index contributed by atoms with van der Waals surface area (Å²) in [4.78, 5) is 27.5. The molecule has 0 saturated carbocycles. The Morgan fingerprint density at radius 2 is 1.88 bits per heavy atom. The van der Waals surface area contributed by atoms with E-state index in [9.17, 15) is 9.18 Å². The number of aryl methyl sites for hydroxylation is 1. The number of hydrogen-bond acceptors (Lipinski definition) is 5. The fraction of sp³-hybridized carbons (Fsp3) is 0.458. The lowest BCUT2D eigenvalue weighted by atomic mass is 10.0. The molecule has 2 aliphatic heterocycles. The summed E-state index contributed by atoms with van der Waals surface area (Å²) in [5, 5.41) is 0.634. The molecule has 0 bridgehead atoms. The van der Waals surface area contributed by atoms with E-state index in [1.165, 1.54) is 29.9 Å². The Hall–Kier alpha value is -2.51. The molecule has 1 aromatic carbocycles. The molecule has 0 spiro atoms. The Morgan fingerprint density at radius 1 is 1.09 bits per heavy atom. The van der Waals surface area contributed by atoms with Crippen LogP contribution in [-0.2, 0) is 7.05 Å². The second kappa shape index (κ2) is 8.45. The molecule has 2 aromatic heterocycles. The lowest BCUT2D eigenvalue weighted by Gasteiger charge is -2.38. The number of likely N-dealkylation sites (tertiary alicyclic amines) is 1. The quantitative estimate of drug-likeness (QED) is 0.593. The average molecular weight is 456 g/mol. The monoisotopic (exact) mass is 455 g/mol. The molecule has 3 aromatic rings. The molecule has 1 atom stereocenters. The van der Waals surface area contributed by atoms with Crippen LogP contribution in [0.15, 0.2) is 29.1 Å². The third kappa shape index (κ3) is 3.77. The van der Waals surface area contributed by atoms with E-state index in [-0.39, 0.29) is 11.1 Å². The first kappa shape index (κ1) is 21.3.